The third kappa shape index (κ3) is 4.82. The summed E-state index contributed by atoms with van der Waals surface area (Å²) >= 11 is 3.20. The van der Waals surface area contributed by atoms with Crippen molar-refractivity contribution in [1.82, 2.24) is 23.5 Å². The summed E-state index contributed by atoms with van der Waals surface area (Å²) in [7, 11) is 5.98. The lowest BCUT2D eigenvalue weighted by Crippen LogP contribution is -2.40. The Morgan fingerprint density at radius 1 is 0.980 bits per heavy atom. The Hall–Kier alpha value is -5.44. The van der Waals surface area contributed by atoms with Crippen molar-refractivity contribution >= 4 is 38.5 Å². The molecule has 0 spiro atoms. The lowest BCUT2D eigenvalue weighted by atomic mass is 9.68. The van der Waals surface area contributed by atoms with E-state index in [9.17, 15) is 29.1 Å². The second-order valence-corrected chi connectivity index (χ2v) is 12.7. The van der Waals surface area contributed by atoms with Gasteiger partial charge < -0.3 is 23.9 Å². The first-order valence-electron chi connectivity index (χ1n) is 15.3. The topological polar surface area (TPSA) is 166 Å². The Labute approximate surface area is 285 Å². The van der Waals surface area contributed by atoms with Crippen molar-refractivity contribution < 1.29 is 28.9 Å². The van der Waals surface area contributed by atoms with Crippen molar-refractivity contribution in [2.24, 2.45) is 7.05 Å². The maximum atomic E-state index is 14.1. The lowest BCUT2D eigenvalue weighted by Gasteiger charge is -2.39. The number of rotatable bonds is 7. The van der Waals surface area contributed by atoms with Gasteiger partial charge in [0.15, 0.2) is 34.6 Å². The number of allylic oxidation sites excluding steroid dienone is 6. The van der Waals surface area contributed by atoms with Crippen LogP contribution < -0.4 is 31.1 Å². The number of nitrogens with zero attached hydrogens (tertiary/aromatic N) is 5. The van der Waals surface area contributed by atoms with E-state index in [2.05, 4.69) is 20.9 Å². The average molecular weight is 733 g/mol. The molecule has 15 heteroatoms. The zero-order valence-electron chi connectivity index (χ0n) is 26.9. The molecule has 1 aliphatic heterocycles. The molecule has 0 radical (unpaired) electrons. The number of aryl methyl sites for hydroxylation is 2. The number of Topliss-reactive ketones (excluding diaryl/α,β-unsaturated/α-hetero) is 1. The molecule has 2 aromatic heterocycles. The first kappa shape index (κ1) is 32.1. The van der Waals surface area contributed by atoms with Gasteiger partial charge in [-0.1, -0.05) is 18.2 Å². The molecule has 0 saturated heterocycles. The molecule has 0 fully saturated rings. The largest absolute Gasteiger partial charge is 0.504 e. The number of phenols is 1. The number of aromatic hydroxyl groups is 1. The highest BCUT2D eigenvalue weighted by Gasteiger charge is 2.46. The van der Waals surface area contributed by atoms with Crippen LogP contribution in [0.4, 0.5) is 0 Å². The van der Waals surface area contributed by atoms with Gasteiger partial charge in [0.05, 0.1) is 49.4 Å². The summed E-state index contributed by atoms with van der Waals surface area (Å²) in [4.78, 5) is 72.6. The lowest BCUT2D eigenvalue weighted by molar-refractivity contribution is -0.115. The van der Waals surface area contributed by atoms with E-state index in [1.165, 1.54) is 41.3 Å². The van der Waals surface area contributed by atoms with Crippen LogP contribution in [-0.4, -0.2) is 61.5 Å². The minimum Gasteiger partial charge on any atom is -0.504 e. The van der Waals surface area contributed by atoms with Crippen LogP contribution in [0.15, 0.2) is 78.1 Å². The van der Waals surface area contributed by atoms with Crippen LogP contribution in [0.2, 0.25) is 0 Å². The van der Waals surface area contributed by atoms with E-state index in [1.807, 2.05) is 0 Å². The fraction of sp³-hybridized carbons (Fsp3) is 0.294. The van der Waals surface area contributed by atoms with Gasteiger partial charge in [-0.15, -0.1) is 0 Å². The third-order valence-electron chi connectivity index (χ3n) is 9.46. The Morgan fingerprint density at radius 2 is 1.69 bits per heavy atom. The van der Waals surface area contributed by atoms with Gasteiger partial charge in [-0.3, -0.25) is 14.4 Å². The smallest absolute Gasteiger partial charge is 0.347 e. The molecule has 0 saturated carbocycles. The quantitative estimate of drug-likeness (QED) is 0.220. The summed E-state index contributed by atoms with van der Waals surface area (Å²) in [5.74, 6) is -0.874. The Balaban J connectivity index is 1.31. The molecule has 1 N–H and O–H groups in total. The van der Waals surface area contributed by atoms with Crippen molar-refractivity contribution in [3.05, 3.63) is 106 Å². The van der Waals surface area contributed by atoms with Crippen LogP contribution in [0.1, 0.15) is 29.6 Å². The van der Waals surface area contributed by atoms with Crippen LogP contribution in [0.5, 0.6) is 23.0 Å². The number of carbonyl (C=O) groups is 2. The average Bonchev–Trinajstić information content (AvgIpc) is 3.35. The Morgan fingerprint density at radius 3 is 2.41 bits per heavy atom. The summed E-state index contributed by atoms with van der Waals surface area (Å²) in [6.45, 7) is -0.149. The highest BCUT2D eigenvalue weighted by Crippen LogP contribution is 2.52. The number of phenolic OH excluding ortho intramolecular Hbond substituents is 1. The van der Waals surface area contributed by atoms with Crippen molar-refractivity contribution in [2.75, 3.05) is 21.3 Å². The molecule has 2 atom stereocenters. The van der Waals surface area contributed by atoms with Crippen LogP contribution in [-0.2, 0) is 36.1 Å². The number of hydrogen-bond acceptors (Lipinski definition) is 10. The summed E-state index contributed by atoms with van der Waals surface area (Å²) < 4.78 is 21.2. The van der Waals surface area contributed by atoms with E-state index in [4.69, 9.17) is 14.2 Å². The van der Waals surface area contributed by atoms with Gasteiger partial charge in [-0.05, 0) is 27.6 Å². The maximum Gasteiger partial charge on any atom is 0.347 e. The second-order valence-electron chi connectivity index (χ2n) is 11.8. The van der Waals surface area contributed by atoms with Gasteiger partial charge in [-0.2, -0.15) is 0 Å². The van der Waals surface area contributed by atoms with E-state index in [0.717, 1.165) is 4.57 Å². The minimum atomic E-state index is -0.892. The molecule has 14 nitrogen and oxygen atoms in total. The summed E-state index contributed by atoms with van der Waals surface area (Å²) in [5, 5.41) is 11.2. The zero-order chi connectivity index (χ0) is 34.9. The number of fused-ring (bicyclic) bond motifs is 4. The molecule has 252 valence electrons. The molecule has 4 aromatic rings. The highest BCUT2D eigenvalue weighted by atomic mass is 79.9. The number of ketones is 2. The summed E-state index contributed by atoms with van der Waals surface area (Å²) in [6, 6.07) is 7.35. The van der Waals surface area contributed by atoms with Gasteiger partial charge in [0.1, 0.15) is 5.69 Å². The van der Waals surface area contributed by atoms with E-state index < -0.39 is 40.5 Å². The molecule has 2 unspecified atom stereocenters. The molecular weight excluding hydrogens is 702 g/mol. The van der Waals surface area contributed by atoms with E-state index in [-0.39, 0.29) is 58.8 Å². The van der Waals surface area contributed by atoms with Gasteiger partial charge in [0.25, 0.3) is 5.56 Å². The summed E-state index contributed by atoms with van der Waals surface area (Å²) in [5.41, 5.74) is 0.784. The fourth-order valence-corrected chi connectivity index (χ4v) is 7.55. The highest BCUT2D eigenvalue weighted by molar-refractivity contribution is 9.12. The molecule has 2 aliphatic carbocycles. The van der Waals surface area contributed by atoms with Crippen molar-refractivity contribution in [3.8, 4) is 23.0 Å². The minimum absolute atomic E-state index is 0.00393. The molecule has 3 heterocycles. The molecule has 3 aliphatic rings. The number of halogens is 1. The number of hydrogen-bond donors (Lipinski definition) is 1. The molecule has 0 bridgehead atoms. The van der Waals surface area contributed by atoms with E-state index in [0.29, 0.717) is 33.7 Å². The monoisotopic (exact) mass is 731 g/mol. The summed E-state index contributed by atoms with van der Waals surface area (Å²) in [6.07, 6.45) is 2.92. The first-order chi connectivity index (χ1) is 23.5. The van der Waals surface area contributed by atoms with Gasteiger partial charge in [0.2, 0.25) is 0 Å². The van der Waals surface area contributed by atoms with Gasteiger partial charge in [0, 0.05) is 67.3 Å². The predicted octanol–water partition coefficient (Wildman–Crippen LogP) is 2.43. The van der Waals surface area contributed by atoms with Crippen LogP contribution >= 0.6 is 15.9 Å². The van der Waals surface area contributed by atoms with Crippen molar-refractivity contribution in [1.29, 1.82) is 0 Å². The molecule has 2 aromatic carbocycles. The maximum absolute atomic E-state index is 14.1. The van der Waals surface area contributed by atoms with Crippen LogP contribution in [0.25, 0.3) is 11.0 Å². The predicted molar refractivity (Wildman–Crippen MR) is 180 cm³/mol. The SMILES string of the molecule is COc1cc2nc(CCn3c(=O)n4n(c3=O)C3CC5=C(C(=O)C=C(Br)C5=O)C(c5cccc(OC)c5O)C3=CC4)c(=O)n(C)c2cc1OC. The number of carbonyl (C=O) groups excluding carboxylic acids is 2. The van der Waals surface area contributed by atoms with Gasteiger partial charge in [-0.25, -0.2) is 28.5 Å². The number of aromatic nitrogens is 5. The second kappa shape index (κ2) is 11.9. The molecular formula is C34H30BrN5O9. The molecule has 49 heavy (non-hydrogen) atoms. The number of para-hydroxylation sites is 1. The first-order valence-corrected chi connectivity index (χ1v) is 16.1. The van der Waals surface area contributed by atoms with Crippen LogP contribution in [0, 0.1) is 0 Å². The molecule has 0 amide bonds. The Kier molecular flexibility index (Phi) is 7.81. The number of methoxy groups -OCH3 is 3. The normalized spacial score (nSPS) is 18.5. The van der Waals surface area contributed by atoms with Crippen molar-refractivity contribution in [2.45, 2.75) is 37.9 Å². The Bertz CT molecular complexity index is 2410. The third-order valence-corrected chi connectivity index (χ3v) is 10.0. The fourth-order valence-electron chi connectivity index (χ4n) is 7.10. The van der Waals surface area contributed by atoms with Crippen molar-refractivity contribution in [3.63, 3.8) is 0 Å². The molecule has 7 rings (SSSR count). The van der Waals surface area contributed by atoms with Gasteiger partial charge >= 0.3 is 11.4 Å². The van der Waals surface area contributed by atoms with Crippen LogP contribution in [0.3, 0.4) is 0 Å². The van der Waals surface area contributed by atoms with E-state index in [1.54, 1.807) is 43.5 Å². The number of ether oxygens (including phenoxy) is 3. The zero-order valence-corrected chi connectivity index (χ0v) is 28.4. The standard InChI is InChI=1S/C34H30BrN5O9/c1-37-23-15-27(49-4)26(48-3)14-21(23)36-20(32(37)44)9-10-38-33(45)39-11-8-16-22(40(39)34(38)46)12-18-29(24(41)13-19(35)30(18)42)28(16)17-6-5-7-25(47-2)31(17)43/h5-8,13-15,22,28,43H,9-12H2,1-4H3. The van der Waals surface area contributed by atoms with E-state index >= 15 is 0 Å². The number of benzene rings is 2.